The van der Waals surface area contributed by atoms with Gasteiger partial charge in [0.05, 0.1) is 37.6 Å². The van der Waals surface area contributed by atoms with Crippen molar-refractivity contribution >= 4 is 22.8 Å². The first-order chi connectivity index (χ1) is 12.7. The molecular formula is C20H19ClN2O3. The first-order valence-electron chi connectivity index (χ1n) is 8.43. The van der Waals surface area contributed by atoms with E-state index in [1.165, 1.54) is 5.57 Å². The Bertz CT molecular complexity index is 994. The molecule has 4 rings (SSSR count). The van der Waals surface area contributed by atoms with E-state index in [1.807, 2.05) is 16.8 Å². The quantitative estimate of drug-likeness (QED) is 0.755. The third-order valence-corrected chi connectivity index (χ3v) is 4.91. The highest BCUT2D eigenvalue weighted by atomic mass is 35.5. The van der Waals surface area contributed by atoms with Gasteiger partial charge in [0, 0.05) is 18.0 Å². The minimum Gasteiger partial charge on any atom is -0.495 e. The lowest BCUT2D eigenvalue weighted by atomic mass is 10.0. The summed E-state index contributed by atoms with van der Waals surface area (Å²) < 4.78 is 12.6. The standard InChI is InChI=1S/C20H19ClN2O3/c1-25-19-8-15(12-24)16(10-17(19)21)18-11-23-5-2-14(9-20(23)22-18)13-3-6-26-7-4-13/h2-3,5,8-11,24H,4,6-7,12H2,1H3. The van der Waals surface area contributed by atoms with Crippen LogP contribution in [-0.4, -0.2) is 34.8 Å². The molecule has 1 aliphatic rings. The van der Waals surface area contributed by atoms with Crippen LogP contribution in [0.2, 0.25) is 5.02 Å². The van der Waals surface area contributed by atoms with Gasteiger partial charge in [-0.25, -0.2) is 4.98 Å². The van der Waals surface area contributed by atoms with Gasteiger partial charge in [0.15, 0.2) is 0 Å². The number of methoxy groups -OCH3 is 1. The van der Waals surface area contributed by atoms with E-state index in [4.69, 9.17) is 26.1 Å². The Balaban J connectivity index is 1.78. The van der Waals surface area contributed by atoms with Crippen LogP contribution in [0.3, 0.4) is 0 Å². The van der Waals surface area contributed by atoms with Gasteiger partial charge in [-0.1, -0.05) is 17.7 Å². The summed E-state index contributed by atoms with van der Waals surface area (Å²) in [6.07, 6.45) is 6.97. The zero-order valence-corrected chi connectivity index (χ0v) is 15.2. The molecule has 6 heteroatoms. The predicted molar refractivity (Wildman–Crippen MR) is 102 cm³/mol. The van der Waals surface area contributed by atoms with Gasteiger partial charge in [-0.15, -0.1) is 0 Å². The predicted octanol–water partition coefficient (Wildman–Crippen LogP) is 3.96. The molecule has 134 valence electrons. The molecule has 0 fully saturated rings. The second kappa shape index (κ2) is 7.11. The maximum Gasteiger partial charge on any atom is 0.138 e. The van der Waals surface area contributed by atoms with Crippen molar-refractivity contribution in [2.24, 2.45) is 0 Å². The highest BCUT2D eigenvalue weighted by Crippen LogP contribution is 2.34. The summed E-state index contributed by atoms with van der Waals surface area (Å²) in [5.41, 5.74) is 5.58. The van der Waals surface area contributed by atoms with E-state index in [2.05, 4.69) is 18.2 Å². The number of aliphatic hydroxyl groups excluding tert-OH is 1. The molecule has 0 radical (unpaired) electrons. The number of aliphatic hydroxyl groups is 1. The molecule has 1 N–H and O–H groups in total. The largest absolute Gasteiger partial charge is 0.495 e. The molecule has 0 unspecified atom stereocenters. The van der Waals surface area contributed by atoms with Crippen LogP contribution in [0.15, 0.2) is 42.7 Å². The van der Waals surface area contributed by atoms with Gasteiger partial charge < -0.3 is 19.0 Å². The van der Waals surface area contributed by atoms with E-state index < -0.39 is 0 Å². The molecule has 0 saturated carbocycles. The van der Waals surface area contributed by atoms with Crippen molar-refractivity contribution in [3.8, 4) is 17.0 Å². The highest BCUT2D eigenvalue weighted by Gasteiger charge is 2.14. The molecule has 0 aliphatic carbocycles. The number of rotatable bonds is 4. The molecule has 5 nitrogen and oxygen atoms in total. The Labute approximate surface area is 156 Å². The monoisotopic (exact) mass is 370 g/mol. The van der Waals surface area contributed by atoms with Crippen LogP contribution in [0, 0.1) is 0 Å². The fraction of sp³-hybridized carbons (Fsp3) is 0.250. The second-order valence-electron chi connectivity index (χ2n) is 6.16. The van der Waals surface area contributed by atoms with E-state index in [-0.39, 0.29) is 6.61 Å². The number of nitrogens with zero attached hydrogens (tertiary/aromatic N) is 2. The SMILES string of the molecule is COc1cc(CO)c(-c2cn3ccc(C4=CCOCC4)cc3n2)cc1Cl. The smallest absolute Gasteiger partial charge is 0.138 e. The van der Waals surface area contributed by atoms with Crippen LogP contribution in [0.5, 0.6) is 5.75 Å². The Hall–Kier alpha value is -2.34. The average molecular weight is 371 g/mol. The molecule has 0 atom stereocenters. The molecule has 0 spiro atoms. The van der Waals surface area contributed by atoms with Gasteiger partial charge in [-0.3, -0.25) is 0 Å². The summed E-state index contributed by atoms with van der Waals surface area (Å²) in [5.74, 6) is 0.539. The summed E-state index contributed by atoms with van der Waals surface area (Å²) in [4.78, 5) is 4.74. The van der Waals surface area contributed by atoms with Crippen molar-refractivity contribution in [1.29, 1.82) is 0 Å². The molecule has 3 heterocycles. The van der Waals surface area contributed by atoms with E-state index in [9.17, 15) is 5.11 Å². The van der Waals surface area contributed by atoms with Gasteiger partial charge in [-0.05, 0) is 47.4 Å². The average Bonchev–Trinajstić information content (AvgIpc) is 3.11. The van der Waals surface area contributed by atoms with Gasteiger partial charge in [-0.2, -0.15) is 0 Å². The number of ether oxygens (including phenoxy) is 2. The molecular weight excluding hydrogens is 352 g/mol. The van der Waals surface area contributed by atoms with Crippen molar-refractivity contribution in [2.45, 2.75) is 13.0 Å². The summed E-state index contributed by atoms with van der Waals surface area (Å²) in [7, 11) is 1.56. The molecule has 3 aromatic rings. The highest BCUT2D eigenvalue weighted by molar-refractivity contribution is 6.32. The van der Waals surface area contributed by atoms with Crippen molar-refractivity contribution < 1.29 is 14.6 Å². The summed E-state index contributed by atoms with van der Waals surface area (Å²) in [5, 5.41) is 10.2. The van der Waals surface area contributed by atoms with E-state index >= 15 is 0 Å². The van der Waals surface area contributed by atoms with Crippen molar-refractivity contribution in [3.63, 3.8) is 0 Å². The fourth-order valence-corrected chi connectivity index (χ4v) is 3.46. The number of benzene rings is 1. The fourth-order valence-electron chi connectivity index (χ4n) is 3.22. The number of hydrogen-bond acceptors (Lipinski definition) is 4. The number of hydrogen-bond donors (Lipinski definition) is 1. The van der Waals surface area contributed by atoms with Crippen LogP contribution >= 0.6 is 11.6 Å². The third-order valence-electron chi connectivity index (χ3n) is 4.62. The summed E-state index contributed by atoms with van der Waals surface area (Å²) >= 11 is 6.27. The Morgan fingerprint density at radius 1 is 1.35 bits per heavy atom. The van der Waals surface area contributed by atoms with Crippen molar-refractivity contribution in [1.82, 2.24) is 9.38 Å². The molecule has 0 bridgehead atoms. The van der Waals surface area contributed by atoms with Crippen LogP contribution < -0.4 is 4.74 Å². The number of aromatic nitrogens is 2. The second-order valence-corrected chi connectivity index (χ2v) is 6.57. The van der Waals surface area contributed by atoms with E-state index in [1.54, 1.807) is 19.2 Å². The van der Waals surface area contributed by atoms with Crippen molar-refractivity contribution in [2.75, 3.05) is 20.3 Å². The summed E-state index contributed by atoms with van der Waals surface area (Å²) in [6, 6.07) is 7.70. The number of halogens is 1. The number of fused-ring (bicyclic) bond motifs is 1. The minimum absolute atomic E-state index is 0.116. The number of imidazole rings is 1. The lowest BCUT2D eigenvalue weighted by molar-refractivity contribution is 0.161. The zero-order chi connectivity index (χ0) is 18.1. The van der Waals surface area contributed by atoms with E-state index in [0.29, 0.717) is 17.4 Å². The lowest BCUT2D eigenvalue weighted by Gasteiger charge is -2.13. The van der Waals surface area contributed by atoms with Gasteiger partial charge in [0.1, 0.15) is 11.4 Å². The molecule has 0 saturated heterocycles. The minimum atomic E-state index is -0.116. The first-order valence-corrected chi connectivity index (χ1v) is 8.81. The molecule has 1 aliphatic heterocycles. The van der Waals surface area contributed by atoms with E-state index in [0.717, 1.165) is 41.1 Å². The molecule has 26 heavy (non-hydrogen) atoms. The lowest BCUT2D eigenvalue weighted by Crippen LogP contribution is -2.03. The van der Waals surface area contributed by atoms with Crippen molar-refractivity contribution in [3.05, 3.63) is 58.9 Å². The molecule has 2 aromatic heterocycles. The third kappa shape index (κ3) is 3.09. The maximum atomic E-state index is 9.73. The molecule has 0 amide bonds. The van der Waals surface area contributed by atoms with Crippen LogP contribution in [0.4, 0.5) is 0 Å². The Morgan fingerprint density at radius 2 is 2.23 bits per heavy atom. The van der Waals surface area contributed by atoms with Crippen LogP contribution in [0.25, 0.3) is 22.5 Å². The first kappa shape index (κ1) is 17.1. The Kier molecular flexibility index (Phi) is 4.68. The van der Waals surface area contributed by atoms with Gasteiger partial charge in [0.25, 0.3) is 0 Å². The van der Waals surface area contributed by atoms with Crippen LogP contribution in [-0.2, 0) is 11.3 Å². The topological polar surface area (TPSA) is 56.0 Å². The maximum absolute atomic E-state index is 9.73. The normalized spacial score (nSPS) is 14.5. The summed E-state index contributed by atoms with van der Waals surface area (Å²) in [6.45, 7) is 1.29. The van der Waals surface area contributed by atoms with Gasteiger partial charge >= 0.3 is 0 Å². The van der Waals surface area contributed by atoms with Crippen LogP contribution in [0.1, 0.15) is 17.5 Å². The number of pyridine rings is 1. The Morgan fingerprint density at radius 3 is 2.96 bits per heavy atom. The zero-order valence-electron chi connectivity index (χ0n) is 14.4. The van der Waals surface area contributed by atoms with Gasteiger partial charge in [0.2, 0.25) is 0 Å². The molecule has 1 aromatic carbocycles.